The number of esters is 1. The average molecular weight is 497 g/mol. The number of hydrogen-bond donors (Lipinski definition) is 1. The molecular formula is C32H36N2O3. The van der Waals surface area contributed by atoms with Crippen LogP contribution >= 0.6 is 0 Å². The quantitative estimate of drug-likeness (QED) is 0.399. The molecule has 2 aromatic carbocycles. The molecule has 5 heteroatoms. The summed E-state index contributed by atoms with van der Waals surface area (Å²) in [4.78, 5) is 27.4. The lowest BCUT2D eigenvalue weighted by atomic mass is 9.68. The Morgan fingerprint density at radius 1 is 1.05 bits per heavy atom. The molecule has 0 bridgehead atoms. The van der Waals surface area contributed by atoms with Crippen LogP contribution in [0.4, 0.5) is 0 Å². The summed E-state index contributed by atoms with van der Waals surface area (Å²) in [5.74, 6) is -0.595. The molecule has 0 amide bonds. The van der Waals surface area contributed by atoms with Crippen LogP contribution in [0.2, 0.25) is 0 Å². The van der Waals surface area contributed by atoms with Gasteiger partial charge >= 0.3 is 5.97 Å². The van der Waals surface area contributed by atoms with E-state index in [-0.39, 0.29) is 23.3 Å². The minimum atomic E-state index is -0.429. The Hall–Kier alpha value is -3.34. The van der Waals surface area contributed by atoms with Crippen molar-refractivity contribution in [2.24, 2.45) is 5.41 Å². The number of nitrogens with zero attached hydrogens (tertiary/aromatic N) is 1. The maximum absolute atomic E-state index is 13.7. The Bertz CT molecular complexity index is 1500. The van der Waals surface area contributed by atoms with Gasteiger partial charge in [-0.2, -0.15) is 0 Å². The Morgan fingerprint density at radius 3 is 2.54 bits per heavy atom. The fraction of sp³-hybridized carbons (Fsp3) is 0.438. The third-order valence-corrected chi connectivity index (χ3v) is 8.48. The van der Waals surface area contributed by atoms with E-state index in [4.69, 9.17) is 4.74 Å². The van der Waals surface area contributed by atoms with Crippen LogP contribution in [0.5, 0.6) is 0 Å². The fourth-order valence-corrected chi connectivity index (χ4v) is 6.85. The molecule has 3 aromatic rings. The zero-order valence-electron chi connectivity index (χ0n) is 22.3. The molecule has 37 heavy (non-hydrogen) atoms. The topological polar surface area (TPSA) is 60.3 Å². The predicted molar refractivity (Wildman–Crippen MR) is 147 cm³/mol. The summed E-state index contributed by atoms with van der Waals surface area (Å²) in [7, 11) is 0. The molecule has 5 nitrogen and oxygen atoms in total. The summed E-state index contributed by atoms with van der Waals surface area (Å²) in [5.41, 5.74) is 6.30. The Labute approximate surface area is 218 Å². The van der Waals surface area contributed by atoms with Gasteiger partial charge in [-0.05, 0) is 75.1 Å². The lowest BCUT2D eigenvalue weighted by molar-refractivity contribution is -0.144. The van der Waals surface area contributed by atoms with Gasteiger partial charge in [0.25, 0.3) is 0 Å². The van der Waals surface area contributed by atoms with Gasteiger partial charge in [-0.15, -0.1) is 0 Å². The summed E-state index contributed by atoms with van der Waals surface area (Å²) in [6.45, 7) is 9.27. The van der Waals surface area contributed by atoms with Crippen LogP contribution < -0.4 is 5.32 Å². The van der Waals surface area contributed by atoms with Gasteiger partial charge in [0.2, 0.25) is 0 Å². The molecule has 0 saturated heterocycles. The first-order valence-electron chi connectivity index (χ1n) is 13.7. The summed E-state index contributed by atoms with van der Waals surface area (Å²) in [6.07, 6.45) is 5.25. The number of carbonyl (C=O) groups is 2. The Morgan fingerprint density at radius 2 is 1.78 bits per heavy atom. The number of rotatable bonds is 4. The van der Waals surface area contributed by atoms with E-state index < -0.39 is 5.92 Å². The van der Waals surface area contributed by atoms with E-state index in [9.17, 15) is 9.59 Å². The van der Waals surface area contributed by atoms with Gasteiger partial charge in [-0.1, -0.05) is 38.1 Å². The van der Waals surface area contributed by atoms with Crippen molar-refractivity contribution in [3.63, 3.8) is 0 Å². The molecule has 0 spiro atoms. The second-order valence-corrected chi connectivity index (χ2v) is 11.8. The normalized spacial score (nSPS) is 22.1. The summed E-state index contributed by atoms with van der Waals surface area (Å²) in [6, 6.07) is 14.9. The number of allylic oxidation sites excluding steroid dienone is 3. The van der Waals surface area contributed by atoms with Gasteiger partial charge in [-0.3, -0.25) is 4.79 Å². The number of fused-ring (bicyclic) bond motifs is 3. The van der Waals surface area contributed by atoms with Crippen LogP contribution in [0.3, 0.4) is 0 Å². The number of hydrogen-bond acceptors (Lipinski definition) is 4. The highest BCUT2D eigenvalue weighted by atomic mass is 16.5. The lowest BCUT2D eigenvalue weighted by Gasteiger charge is -2.39. The molecule has 0 radical (unpaired) electrons. The van der Waals surface area contributed by atoms with Gasteiger partial charge in [0.1, 0.15) is 6.10 Å². The highest BCUT2D eigenvalue weighted by Crippen LogP contribution is 2.47. The van der Waals surface area contributed by atoms with Crippen molar-refractivity contribution >= 4 is 33.6 Å². The minimum Gasteiger partial charge on any atom is -0.459 e. The Balaban J connectivity index is 1.53. The molecule has 1 fully saturated rings. The van der Waals surface area contributed by atoms with E-state index in [1.165, 1.54) is 16.4 Å². The van der Waals surface area contributed by atoms with Crippen LogP contribution in [-0.2, 0) is 20.9 Å². The van der Waals surface area contributed by atoms with Gasteiger partial charge in [0.15, 0.2) is 5.78 Å². The number of Topliss-reactive ketones (excluding diaryl/α,β-unsaturated/α-hetero) is 1. The SMILES string of the molecule is CCn1c2ccccc2c2cc([C@H]3C(C(=O)OC4CCCC4)=C(C)NC4=C3C(=O)CC(C)(C)C4)ccc21. The smallest absolute Gasteiger partial charge is 0.337 e. The molecule has 2 aliphatic carbocycles. The standard InChI is InChI=1S/C32H36N2O3/c1-5-34-25-13-9-8-12-22(25)23-16-20(14-15-26(23)34)29-28(31(36)37-21-10-6-7-11-21)19(2)33-24-17-32(3,4)18-27(35)30(24)29/h8-9,12-16,21,29,33H,5-7,10-11,17-18H2,1-4H3/t29-/m0/s1. The molecule has 0 unspecified atom stereocenters. The summed E-state index contributed by atoms with van der Waals surface area (Å²) in [5, 5.41) is 5.82. The number of ether oxygens (including phenoxy) is 1. The third kappa shape index (κ3) is 4.00. The molecule has 2 heterocycles. The molecule has 6 rings (SSSR count). The number of nitrogens with one attached hydrogen (secondary N) is 1. The predicted octanol–water partition coefficient (Wildman–Crippen LogP) is 6.90. The van der Waals surface area contributed by atoms with E-state index in [0.717, 1.165) is 66.6 Å². The lowest BCUT2D eigenvalue weighted by Crippen LogP contribution is -2.39. The number of dihydropyridines is 1. The second-order valence-electron chi connectivity index (χ2n) is 11.8. The Kier molecular flexibility index (Phi) is 5.78. The number of aryl methyl sites for hydroxylation is 1. The van der Waals surface area contributed by atoms with Crippen LogP contribution in [-0.4, -0.2) is 22.4 Å². The number of aromatic nitrogens is 1. The molecule has 192 valence electrons. The van der Waals surface area contributed by atoms with Crippen molar-refractivity contribution in [3.05, 3.63) is 70.6 Å². The zero-order chi connectivity index (χ0) is 25.9. The fourth-order valence-electron chi connectivity index (χ4n) is 6.85. The third-order valence-electron chi connectivity index (χ3n) is 8.48. The van der Waals surface area contributed by atoms with Crippen molar-refractivity contribution < 1.29 is 14.3 Å². The highest BCUT2D eigenvalue weighted by molar-refractivity contribution is 6.09. The number of ketones is 1. The summed E-state index contributed by atoms with van der Waals surface area (Å²) >= 11 is 0. The first kappa shape index (κ1) is 24.0. The largest absolute Gasteiger partial charge is 0.459 e. The summed E-state index contributed by atoms with van der Waals surface area (Å²) < 4.78 is 8.36. The van der Waals surface area contributed by atoms with Crippen molar-refractivity contribution in [1.29, 1.82) is 0 Å². The van der Waals surface area contributed by atoms with E-state index >= 15 is 0 Å². The molecule has 1 saturated carbocycles. The van der Waals surface area contributed by atoms with Crippen LogP contribution in [0.25, 0.3) is 21.8 Å². The van der Waals surface area contributed by atoms with Crippen LogP contribution in [0.15, 0.2) is 65.0 Å². The average Bonchev–Trinajstić information content (AvgIpc) is 3.47. The second kappa shape index (κ2) is 8.90. The zero-order valence-corrected chi connectivity index (χ0v) is 22.3. The van der Waals surface area contributed by atoms with Crippen LogP contribution in [0.1, 0.15) is 77.7 Å². The maximum Gasteiger partial charge on any atom is 0.337 e. The monoisotopic (exact) mass is 496 g/mol. The molecule has 1 aliphatic heterocycles. The van der Waals surface area contributed by atoms with Crippen molar-refractivity contribution in [3.8, 4) is 0 Å². The first-order chi connectivity index (χ1) is 17.8. The number of carbonyl (C=O) groups excluding carboxylic acids is 2. The van der Waals surface area contributed by atoms with E-state index in [2.05, 4.69) is 73.1 Å². The molecular weight excluding hydrogens is 460 g/mol. The minimum absolute atomic E-state index is 0.0326. The van der Waals surface area contributed by atoms with E-state index in [0.29, 0.717) is 12.0 Å². The number of benzene rings is 2. The maximum atomic E-state index is 13.7. The molecule has 1 N–H and O–H groups in total. The van der Waals surface area contributed by atoms with Crippen LogP contribution in [0, 0.1) is 5.41 Å². The molecule has 1 aromatic heterocycles. The highest BCUT2D eigenvalue weighted by Gasteiger charge is 2.43. The van der Waals surface area contributed by atoms with E-state index in [1.807, 2.05) is 6.92 Å². The first-order valence-corrected chi connectivity index (χ1v) is 13.7. The van der Waals surface area contributed by atoms with Crippen molar-refractivity contribution in [2.45, 2.75) is 84.8 Å². The van der Waals surface area contributed by atoms with Gasteiger partial charge in [0.05, 0.1) is 5.57 Å². The number of para-hydroxylation sites is 1. The van der Waals surface area contributed by atoms with Gasteiger partial charge in [0, 0.05) is 57.7 Å². The van der Waals surface area contributed by atoms with Gasteiger partial charge in [-0.25, -0.2) is 4.79 Å². The van der Waals surface area contributed by atoms with Gasteiger partial charge < -0.3 is 14.6 Å². The molecule has 1 atom stereocenters. The molecule has 3 aliphatic rings. The van der Waals surface area contributed by atoms with Crippen molar-refractivity contribution in [2.75, 3.05) is 0 Å². The van der Waals surface area contributed by atoms with Crippen molar-refractivity contribution in [1.82, 2.24) is 9.88 Å². The van der Waals surface area contributed by atoms with E-state index in [1.54, 1.807) is 0 Å².